The number of rotatable bonds is 5. The molecule has 0 N–H and O–H groups in total. The summed E-state index contributed by atoms with van der Waals surface area (Å²) in [6, 6.07) is 1.71. The van der Waals surface area contributed by atoms with Crippen molar-refractivity contribution in [1.29, 1.82) is 0 Å². The number of sulfonamides is 1. The van der Waals surface area contributed by atoms with Crippen molar-refractivity contribution in [2.75, 3.05) is 20.6 Å². The molecule has 3 rings (SSSR count). The summed E-state index contributed by atoms with van der Waals surface area (Å²) in [6.07, 6.45) is 7.10. The molecule has 1 aromatic heterocycles. The van der Waals surface area contributed by atoms with E-state index in [0.29, 0.717) is 12.4 Å². The fourth-order valence-electron chi connectivity index (χ4n) is 3.67. The molecule has 1 aromatic rings. The van der Waals surface area contributed by atoms with Crippen LogP contribution in [0.1, 0.15) is 56.1 Å². The molecule has 1 atom stereocenters. The molecule has 2 fully saturated rings. The lowest BCUT2D eigenvalue weighted by molar-refractivity contribution is 0.369. The molecule has 1 saturated carbocycles. The third kappa shape index (κ3) is 3.56. The zero-order valence-corrected chi connectivity index (χ0v) is 14.8. The molecule has 1 saturated heterocycles. The predicted octanol–water partition coefficient (Wildman–Crippen LogP) is 1.95. The summed E-state index contributed by atoms with van der Waals surface area (Å²) in [5, 5.41) is -0.201. The lowest BCUT2D eigenvalue weighted by Gasteiger charge is -2.26. The van der Waals surface area contributed by atoms with E-state index in [1.165, 1.54) is 0 Å². The first-order chi connectivity index (χ1) is 11.0. The highest BCUT2D eigenvalue weighted by Gasteiger charge is 2.41. The van der Waals surface area contributed by atoms with Crippen molar-refractivity contribution in [2.45, 2.75) is 56.4 Å². The fourth-order valence-corrected chi connectivity index (χ4v) is 5.92. The summed E-state index contributed by atoms with van der Waals surface area (Å²) in [5.74, 6) is 0.656. The summed E-state index contributed by atoms with van der Waals surface area (Å²) in [5.41, 5.74) is 0.935. The van der Waals surface area contributed by atoms with E-state index >= 15 is 0 Å². The van der Waals surface area contributed by atoms with Gasteiger partial charge in [-0.3, -0.25) is 0 Å². The van der Waals surface area contributed by atoms with Crippen molar-refractivity contribution in [3.63, 3.8) is 0 Å². The van der Waals surface area contributed by atoms with Crippen LogP contribution in [-0.2, 0) is 16.6 Å². The Labute approximate surface area is 139 Å². The second-order valence-electron chi connectivity index (χ2n) is 6.86. The van der Waals surface area contributed by atoms with Gasteiger partial charge in [0.1, 0.15) is 5.82 Å². The highest BCUT2D eigenvalue weighted by molar-refractivity contribution is 7.89. The van der Waals surface area contributed by atoms with Crippen LogP contribution in [0.2, 0.25) is 0 Å². The Balaban J connectivity index is 1.84. The molecule has 2 aliphatic rings. The van der Waals surface area contributed by atoms with Gasteiger partial charge in [0, 0.05) is 19.3 Å². The van der Waals surface area contributed by atoms with Crippen molar-refractivity contribution in [1.82, 2.24) is 19.2 Å². The quantitative estimate of drug-likeness (QED) is 0.821. The molecule has 0 spiro atoms. The van der Waals surface area contributed by atoms with Crippen LogP contribution in [0.25, 0.3) is 0 Å². The van der Waals surface area contributed by atoms with Crippen molar-refractivity contribution >= 4 is 10.0 Å². The second kappa shape index (κ2) is 6.83. The van der Waals surface area contributed by atoms with Crippen LogP contribution in [0, 0.1) is 0 Å². The predicted molar refractivity (Wildman–Crippen MR) is 89.3 cm³/mol. The average Bonchev–Trinajstić information content (AvgIpc) is 3.19. The van der Waals surface area contributed by atoms with Gasteiger partial charge in [-0.25, -0.2) is 18.4 Å². The van der Waals surface area contributed by atoms with Gasteiger partial charge in [0.05, 0.1) is 17.0 Å². The minimum atomic E-state index is -3.23. The van der Waals surface area contributed by atoms with Gasteiger partial charge in [-0.05, 0) is 45.8 Å². The molecule has 7 heteroatoms. The zero-order chi connectivity index (χ0) is 16.4. The third-order valence-corrected chi connectivity index (χ3v) is 7.17. The number of hydrogen-bond donors (Lipinski definition) is 0. The molecule has 23 heavy (non-hydrogen) atoms. The van der Waals surface area contributed by atoms with Crippen LogP contribution in [0.5, 0.6) is 0 Å². The molecule has 6 nitrogen and oxygen atoms in total. The van der Waals surface area contributed by atoms with E-state index in [1.807, 2.05) is 25.1 Å². The second-order valence-corrected chi connectivity index (χ2v) is 9.03. The normalized spacial score (nSPS) is 23.9. The minimum absolute atomic E-state index is 0.192. The van der Waals surface area contributed by atoms with Gasteiger partial charge >= 0.3 is 0 Å². The number of aromatic nitrogens is 2. The molecule has 1 aliphatic carbocycles. The summed E-state index contributed by atoms with van der Waals surface area (Å²) >= 11 is 0. The van der Waals surface area contributed by atoms with Gasteiger partial charge in [-0.2, -0.15) is 4.31 Å². The third-order valence-electron chi connectivity index (χ3n) is 4.76. The Morgan fingerprint density at radius 1 is 1.22 bits per heavy atom. The lowest BCUT2D eigenvalue weighted by atomic mass is 10.2. The largest absolute Gasteiger partial charge is 0.304 e. The van der Waals surface area contributed by atoms with Crippen LogP contribution in [0.3, 0.4) is 0 Å². The standard InChI is InChI=1S/C16H26N4O2S/c1-19(2)12-13-9-10-17-16(18-13)15-8-5-11-20(15)23(21,22)14-6-3-4-7-14/h9-10,14-15H,3-8,11-12H2,1-2H3/t15-/m0/s1. The fraction of sp³-hybridized carbons (Fsp3) is 0.750. The zero-order valence-electron chi connectivity index (χ0n) is 14.0. The molecule has 128 valence electrons. The maximum Gasteiger partial charge on any atom is 0.217 e. The van der Waals surface area contributed by atoms with Crippen molar-refractivity contribution in [3.05, 3.63) is 23.8 Å². The van der Waals surface area contributed by atoms with Gasteiger partial charge in [-0.1, -0.05) is 12.8 Å². The van der Waals surface area contributed by atoms with E-state index in [2.05, 4.69) is 9.97 Å². The van der Waals surface area contributed by atoms with E-state index in [1.54, 1.807) is 10.5 Å². The maximum atomic E-state index is 12.9. The first kappa shape index (κ1) is 16.8. The van der Waals surface area contributed by atoms with Crippen LogP contribution >= 0.6 is 0 Å². The molecular weight excluding hydrogens is 312 g/mol. The molecular formula is C16H26N4O2S. The Bertz CT molecular complexity index is 641. The Hall–Kier alpha value is -1.05. The Morgan fingerprint density at radius 2 is 1.96 bits per heavy atom. The van der Waals surface area contributed by atoms with E-state index in [0.717, 1.165) is 50.8 Å². The SMILES string of the molecule is CN(C)Cc1ccnc([C@@H]2CCCN2S(=O)(=O)C2CCCC2)n1. The van der Waals surface area contributed by atoms with Gasteiger partial charge in [0.15, 0.2) is 0 Å². The molecule has 0 bridgehead atoms. The number of hydrogen-bond acceptors (Lipinski definition) is 5. The van der Waals surface area contributed by atoms with E-state index in [9.17, 15) is 8.42 Å². The smallest absolute Gasteiger partial charge is 0.217 e. The van der Waals surface area contributed by atoms with Crippen LogP contribution in [-0.4, -0.2) is 53.5 Å². The van der Waals surface area contributed by atoms with Gasteiger partial charge in [0.25, 0.3) is 0 Å². The summed E-state index contributed by atoms with van der Waals surface area (Å²) in [7, 11) is 0.760. The first-order valence-corrected chi connectivity index (χ1v) is 9.96. The minimum Gasteiger partial charge on any atom is -0.304 e. The van der Waals surface area contributed by atoms with Crippen LogP contribution in [0.15, 0.2) is 12.3 Å². The molecule has 0 radical (unpaired) electrons. The van der Waals surface area contributed by atoms with E-state index < -0.39 is 10.0 Å². The highest BCUT2D eigenvalue weighted by Crippen LogP contribution is 2.37. The van der Waals surface area contributed by atoms with Crippen LogP contribution in [0.4, 0.5) is 0 Å². The van der Waals surface area contributed by atoms with Crippen LogP contribution < -0.4 is 0 Å². The van der Waals surface area contributed by atoms with Gasteiger partial charge in [0.2, 0.25) is 10.0 Å². The van der Waals surface area contributed by atoms with Crippen molar-refractivity contribution in [3.8, 4) is 0 Å². The Kier molecular flexibility index (Phi) is 4.98. The molecule has 0 amide bonds. The topological polar surface area (TPSA) is 66.4 Å². The average molecular weight is 338 g/mol. The van der Waals surface area contributed by atoms with Gasteiger partial charge in [-0.15, -0.1) is 0 Å². The molecule has 1 aliphatic heterocycles. The monoisotopic (exact) mass is 338 g/mol. The number of nitrogens with zero attached hydrogens (tertiary/aromatic N) is 4. The van der Waals surface area contributed by atoms with Crippen molar-refractivity contribution in [2.24, 2.45) is 0 Å². The molecule has 0 aromatic carbocycles. The first-order valence-electron chi connectivity index (χ1n) is 8.45. The highest BCUT2D eigenvalue weighted by atomic mass is 32.2. The maximum absolute atomic E-state index is 12.9. The van der Waals surface area contributed by atoms with E-state index in [4.69, 9.17) is 0 Å². The Morgan fingerprint density at radius 3 is 2.65 bits per heavy atom. The molecule has 0 unspecified atom stereocenters. The summed E-state index contributed by atoms with van der Waals surface area (Å²) < 4.78 is 27.6. The van der Waals surface area contributed by atoms with E-state index in [-0.39, 0.29) is 11.3 Å². The molecule has 2 heterocycles. The summed E-state index contributed by atoms with van der Waals surface area (Å²) in [4.78, 5) is 11.1. The van der Waals surface area contributed by atoms with Crippen molar-refractivity contribution < 1.29 is 8.42 Å². The summed E-state index contributed by atoms with van der Waals surface area (Å²) in [6.45, 7) is 1.34. The van der Waals surface area contributed by atoms with Gasteiger partial charge < -0.3 is 4.90 Å². The lowest BCUT2D eigenvalue weighted by Crippen LogP contribution is -2.37.